The van der Waals surface area contributed by atoms with E-state index in [-0.39, 0.29) is 17.4 Å². The Balaban J connectivity index is 1.31. The van der Waals surface area contributed by atoms with Crippen molar-refractivity contribution in [2.75, 3.05) is 64.1 Å². The van der Waals surface area contributed by atoms with Crippen LogP contribution in [-0.2, 0) is 9.63 Å². The van der Waals surface area contributed by atoms with Gasteiger partial charge in [-0.3, -0.25) is 19.3 Å². The van der Waals surface area contributed by atoms with Crippen LogP contribution in [0, 0.1) is 0 Å². The van der Waals surface area contributed by atoms with Gasteiger partial charge >= 0.3 is 5.97 Å². The first kappa shape index (κ1) is 28.0. The SMILES string of the molecule is CN1CCN(CCON(C)C(=O)c2ccc(N/C(=C3/C(=O)Nc4cc(C(=O)O)ccc43)c3ccccc3)cc2)CC1. The van der Waals surface area contributed by atoms with Crippen molar-refractivity contribution in [2.45, 2.75) is 0 Å². The van der Waals surface area contributed by atoms with E-state index in [0.717, 1.165) is 38.3 Å². The molecule has 5 rings (SSSR count). The second-order valence-electron chi connectivity index (χ2n) is 10.1. The maximum Gasteiger partial charge on any atom is 0.335 e. The molecule has 3 N–H and O–H groups in total. The van der Waals surface area contributed by atoms with E-state index < -0.39 is 5.97 Å². The molecule has 2 amide bonds. The van der Waals surface area contributed by atoms with E-state index in [1.807, 2.05) is 30.3 Å². The first-order valence-electron chi connectivity index (χ1n) is 13.5. The summed E-state index contributed by atoms with van der Waals surface area (Å²) in [5, 5.41) is 16.8. The van der Waals surface area contributed by atoms with Crippen LogP contribution >= 0.6 is 0 Å². The number of hydrogen-bond donors (Lipinski definition) is 3. The number of amides is 2. The zero-order chi connectivity index (χ0) is 28.9. The average Bonchev–Trinajstić information content (AvgIpc) is 3.31. The Morgan fingerprint density at radius 1 is 0.951 bits per heavy atom. The Bertz CT molecular complexity index is 1460. The normalized spacial score (nSPS) is 16.6. The van der Waals surface area contributed by atoms with Crippen molar-refractivity contribution in [3.05, 3.63) is 95.1 Å². The fourth-order valence-corrected chi connectivity index (χ4v) is 4.90. The van der Waals surface area contributed by atoms with Gasteiger partial charge in [0.05, 0.1) is 29.1 Å². The van der Waals surface area contributed by atoms with Crippen LogP contribution in [0.3, 0.4) is 0 Å². The standard InChI is InChI=1S/C31H33N5O5/c1-34-14-16-36(17-15-34)18-19-41-35(2)30(38)22-8-11-24(12-9-22)32-28(21-6-4-3-5-7-21)27-25-13-10-23(31(39)40)20-26(25)33-29(27)37/h3-13,20,32H,14-19H2,1-2H3,(H,33,37)(H,39,40)/b28-27+. The molecule has 3 aromatic carbocycles. The molecule has 0 saturated carbocycles. The molecule has 0 aliphatic carbocycles. The first-order chi connectivity index (χ1) is 19.8. The summed E-state index contributed by atoms with van der Waals surface area (Å²) in [6.07, 6.45) is 0. The topological polar surface area (TPSA) is 114 Å². The van der Waals surface area contributed by atoms with Crippen LogP contribution in [-0.4, -0.2) is 91.2 Å². The number of carbonyl (C=O) groups excluding carboxylic acids is 2. The highest BCUT2D eigenvalue weighted by Gasteiger charge is 2.29. The van der Waals surface area contributed by atoms with Crippen molar-refractivity contribution in [1.82, 2.24) is 14.9 Å². The van der Waals surface area contributed by atoms with Gasteiger partial charge < -0.3 is 20.6 Å². The van der Waals surface area contributed by atoms with Gasteiger partial charge in [-0.25, -0.2) is 9.86 Å². The van der Waals surface area contributed by atoms with Crippen molar-refractivity contribution >= 4 is 40.4 Å². The Morgan fingerprint density at radius 2 is 1.63 bits per heavy atom. The molecule has 0 spiro atoms. The minimum atomic E-state index is -1.07. The lowest BCUT2D eigenvalue weighted by Crippen LogP contribution is -2.46. The fraction of sp³-hybridized carbons (Fsp3) is 0.258. The van der Waals surface area contributed by atoms with Gasteiger partial charge in [-0.1, -0.05) is 36.4 Å². The van der Waals surface area contributed by atoms with Crippen LogP contribution in [0.4, 0.5) is 11.4 Å². The molecule has 0 radical (unpaired) electrons. The number of fused-ring (bicyclic) bond motifs is 1. The number of nitrogens with zero attached hydrogens (tertiary/aromatic N) is 3. The summed E-state index contributed by atoms with van der Waals surface area (Å²) in [6.45, 7) is 5.23. The predicted molar refractivity (Wildman–Crippen MR) is 157 cm³/mol. The summed E-state index contributed by atoms with van der Waals surface area (Å²) in [6, 6.07) is 20.9. The van der Waals surface area contributed by atoms with Crippen molar-refractivity contribution < 1.29 is 24.3 Å². The largest absolute Gasteiger partial charge is 0.478 e. The monoisotopic (exact) mass is 555 g/mol. The van der Waals surface area contributed by atoms with Gasteiger partial charge in [-0.05, 0) is 49.0 Å². The maximum absolute atomic E-state index is 13.1. The van der Waals surface area contributed by atoms with Gasteiger partial charge in [0.1, 0.15) is 0 Å². The van der Waals surface area contributed by atoms with Crippen LogP contribution in [0.2, 0.25) is 0 Å². The Hall–Kier alpha value is -4.51. The Kier molecular flexibility index (Phi) is 8.44. The molecule has 3 aromatic rings. The molecule has 2 heterocycles. The molecule has 2 aliphatic heterocycles. The number of benzene rings is 3. The number of nitrogens with one attached hydrogen (secondary N) is 2. The summed E-state index contributed by atoms with van der Waals surface area (Å²) >= 11 is 0. The van der Waals surface area contributed by atoms with Crippen LogP contribution < -0.4 is 10.6 Å². The number of hydroxylamine groups is 2. The van der Waals surface area contributed by atoms with E-state index >= 15 is 0 Å². The highest BCUT2D eigenvalue weighted by Crippen LogP contribution is 2.38. The smallest absolute Gasteiger partial charge is 0.335 e. The van der Waals surface area contributed by atoms with E-state index in [4.69, 9.17) is 4.84 Å². The molecule has 0 atom stereocenters. The van der Waals surface area contributed by atoms with E-state index in [1.165, 1.54) is 17.2 Å². The van der Waals surface area contributed by atoms with Gasteiger partial charge in [0.15, 0.2) is 0 Å². The van der Waals surface area contributed by atoms with Gasteiger partial charge in [-0.15, -0.1) is 0 Å². The molecule has 10 heteroatoms. The molecule has 0 unspecified atom stereocenters. The van der Waals surface area contributed by atoms with Gasteiger partial charge in [0.2, 0.25) is 0 Å². The van der Waals surface area contributed by atoms with Crippen molar-refractivity contribution in [2.24, 2.45) is 0 Å². The lowest BCUT2D eigenvalue weighted by atomic mass is 9.99. The molecule has 212 valence electrons. The minimum Gasteiger partial charge on any atom is -0.478 e. The molecule has 41 heavy (non-hydrogen) atoms. The van der Waals surface area contributed by atoms with Crippen molar-refractivity contribution in [3.63, 3.8) is 0 Å². The number of aromatic carboxylic acids is 1. The van der Waals surface area contributed by atoms with Crippen LogP contribution in [0.1, 0.15) is 31.8 Å². The third-order valence-electron chi connectivity index (χ3n) is 7.30. The molecule has 2 aliphatic rings. The zero-order valence-corrected chi connectivity index (χ0v) is 23.1. The lowest BCUT2D eigenvalue weighted by molar-refractivity contribution is -0.111. The number of likely N-dealkylation sites (N-methyl/N-ethyl adjacent to an activating group) is 1. The molecule has 0 aromatic heterocycles. The number of anilines is 2. The van der Waals surface area contributed by atoms with Crippen LogP contribution in [0.25, 0.3) is 11.3 Å². The Labute approximate surface area is 238 Å². The quantitative estimate of drug-likeness (QED) is 0.271. The lowest BCUT2D eigenvalue weighted by Gasteiger charge is -2.32. The van der Waals surface area contributed by atoms with Gasteiger partial charge in [0, 0.05) is 56.6 Å². The first-order valence-corrected chi connectivity index (χ1v) is 13.5. The predicted octanol–water partition coefficient (Wildman–Crippen LogP) is 3.57. The van der Waals surface area contributed by atoms with Crippen molar-refractivity contribution in [1.29, 1.82) is 0 Å². The molecule has 0 bridgehead atoms. The van der Waals surface area contributed by atoms with E-state index in [0.29, 0.717) is 40.4 Å². The van der Waals surface area contributed by atoms with Gasteiger partial charge in [-0.2, -0.15) is 0 Å². The number of carbonyl (C=O) groups is 3. The molecule has 1 saturated heterocycles. The van der Waals surface area contributed by atoms with Crippen LogP contribution in [0.15, 0.2) is 72.8 Å². The molecule has 10 nitrogen and oxygen atoms in total. The minimum absolute atomic E-state index is 0.0908. The maximum atomic E-state index is 13.1. The highest BCUT2D eigenvalue weighted by molar-refractivity contribution is 6.37. The van der Waals surface area contributed by atoms with E-state index in [2.05, 4.69) is 27.5 Å². The second kappa shape index (κ2) is 12.3. The third kappa shape index (κ3) is 6.46. The summed E-state index contributed by atoms with van der Waals surface area (Å²) in [5.74, 6) is -1.66. The Morgan fingerprint density at radius 3 is 2.32 bits per heavy atom. The molecular formula is C31H33N5O5. The number of piperazine rings is 1. The second-order valence-corrected chi connectivity index (χ2v) is 10.1. The van der Waals surface area contributed by atoms with Crippen LogP contribution in [0.5, 0.6) is 0 Å². The molecule has 1 fully saturated rings. The zero-order valence-electron chi connectivity index (χ0n) is 23.1. The van der Waals surface area contributed by atoms with Crippen molar-refractivity contribution in [3.8, 4) is 0 Å². The summed E-state index contributed by atoms with van der Waals surface area (Å²) < 4.78 is 0. The number of hydrogen-bond acceptors (Lipinski definition) is 7. The molecular weight excluding hydrogens is 522 g/mol. The number of carboxylic acid groups (broad SMARTS) is 1. The van der Waals surface area contributed by atoms with E-state index in [9.17, 15) is 19.5 Å². The number of rotatable bonds is 9. The summed E-state index contributed by atoms with van der Waals surface area (Å²) in [4.78, 5) is 47.8. The number of carboxylic acids is 1. The summed E-state index contributed by atoms with van der Waals surface area (Å²) in [5.41, 5.74) is 4.02. The average molecular weight is 556 g/mol. The third-order valence-corrected chi connectivity index (χ3v) is 7.30. The van der Waals surface area contributed by atoms with E-state index in [1.54, 1.807) is 37.4 Å². The fourth-order valence-electron chi connectivity index (χ4n) is 4.90. The summed E-state index contributed by atoms with van der Waals surface area (Å²) in [7, 11) is 3.73. The van der Waals surface area contributed by atoms with Gasteiger partial charge in [0.25, 0.3) is 11.8 Å². The highest BCUT2D eigenvalue weighted by atomic mass is 16.7.